The quantitative estimate of drug-likeness (QED) is 0.882. The average Bonchev–Trinajstić information content (AvgIpc) is 2.85. The predicted octanol–water partition coefficient (Wildman–Crippen LogP) is 2.73. The van der Waals surface area contributed by atoms with Crippen LogP contribution in [0.1, 0.15) is 26.6 Å². The van der Waals surface area contributed by atoms with Crippen molar-refractivity contribution in [1.82, 2.24) is 4.98 Å². The monoisotopic (exact) mass is 304 g/mol. The molecule has 0 spiro atoms. The molecule has 1 amide bonds. The summed E-state index contributed by atoms with van der Waals surface area (Å²) in [6, 6.07) is 5.13. The van der Waals surface area contributed by atoms with Gasteiger partial charge in [0.25, 0.3) is 0 Å². The molecule has 5 nitrogen and oxygen atoms in total. The van der Waals surface area contributed by atoms with Gasteiger partial charge in [-0.1, -0.05) is 6.07 Å². The summed E-state index contributed by atoms with van der Waals surface area (Å²) in [6.07, 6.45) is 0.215. The highest BCUT2D eigenvalue weighted by molar-refractivity contribution is 7.09. The van der Waals surface area contributed by atoms with Crippen LogP contribution in [0.25, 0.3) is 0 Å². The maximum Gasteiger partial charge on any atom is 0.338 e. The fourth-order valence-electron chi connectivity index (χ4n) is 1.95. The van der Waals surface area contributed by atoms with Gasteiger partial charge in [0.2, 0.25) is 5.91 Å². The Morgan fingerprint density at radius 1 is 1.33 bits per heavy atom. The molecular formula is C15H16N2O3S. The fourth-order valence-corrected chi connectivity index (χ4v) is 2.56. The summed E-state index contributed by atoms with van der Waals surface area (Å²) in [5, 5.41) is 5.61. The van der Waals surface area contributed by atoms with Crippen molar-refractivity contribution >= 4 is 28.9 Å². The molecule has 0 unspecified atom stereocenters. The Labute approximate surface area is 127 Å². The molecule has 0 aliphatic carbocycles. The highest BCUT2D eigenvalue weighted by atomic mass is 32.1. The van der Waals surface area contributed by atoms with Crippen LogP contribution in [0.3, 0.4) is 0 Å². The number of nitrogens with zero attached hydrogens (tertiary/aromatic N) is 1. The molecular weight excluding hydrogens is 288 g/mol. The Bertz CT molecular complexity index is 679. The minimum absolute atomic E-state index is 0.162. The number of anilines is 1. The van der Waals surface area contributed by atoms with E-state index in [4.69, 9.17) is 4.74 Å². The number of aromatic nitrogens is 1. The lowest BCUT2D eigenvalue weighted by Gasteiger charge is -2.11. The standard InChI is InChI=1S/C15H16N2O3S/c1-9-12(15(19)20-3)5-4-6-13(9)17-14(18)7-11-8-21-10(2)16-11/h4-6,8H,7H2,1-3H3,(H,17,18). The van der Waals surface area contributed by atoms with Crippen molar-refractivity contribution in [2.24, 2.45) is 0 Å². The molecule has 1 N–H and O–H groups in total. The summed E-state index contributed by atoms with van der Waals surface area (Å²) in [5.74, 6) is -0.579. The molecule has 6 heteroatoms. The number of nitrogens with one attached hydrogen (secondary N) is 1. The van der Waals surface area contributed by atoms with Gasteiger partial charge in [0.05, 0.1) is 29.8 Å². The molecule has 110 valence electrons. The third-order valence-corrected chi connectivity index (χ3v) is 3.84. The Morgan fingerprint density at radius 2 is 2.10 bits per heavy atom. The molecule has 21 heavy (non-hydrogen) atoms. The van der Waals surface area contributed by atoms with Gasteiger partial charge in [-0.3, -0.25) is 4.79 Å². The van der Waals surface area contributed by atoms with Crippen LogP contribution in [0.15, 0.2) is 23.6 Å². The second-order valence-corrected chi connectivity index (χ2v) is 5.61. The maximum atomic E-state index is 12.0. The number of amides is 1. The van der Waals surface area contributed by atoms with Crippen LogP contribution in [0.5, 0.6) is 0 Å². The van der Waals surface area contributed by atoms with Crippen molar-refractivity contribution < 1.29 is 14.3 Å². The van der Waals surface area contributed by atoms with Gasteiger partial charge in [0.15, 0.2) is 0 Å². The van der Waals surface area contributed by atoms with Gasteiger partial charge in [0.1, 0.15) is 0 Å². The average molecular weight is 304 g/mol. The summed E-state index contributed by atoms with van der Waals surface area (Å²) < 4.78 is 4.72. The molecule has 1 aromatic heterocycles. The molecule has 0 aliphatic heterocycles. The zero-order valence-corrected chi connectivity index (χ0v) is 12.9. The lowest BCUT2D eigenvalue weighted by atomic mass is 10.1. The number of benzene rings is 1. The van der Waals surface area contributed by atoms with E-state index in [-0.39, 0.29) is 12.3 Å². The van der Waals surface area contributed by atoms with Crippen LogP contribution < -0.4 is 5.32 Å². The summed E-state index contributed by atoms with van der Waals surface area (Å²) in [5.41, 5.74) is 2.48. The van der Waals surface area contributed by atoms with Crippen LogP contribution in [0.4, 0.5) is 5.69 Å². The number of esters is 1. The molecule has 0 saturated carbocycles. The van der Waals surface area contributed by atoms with Crippen LogP contribution in [0.2, 0.25) is 0 Å². The van der Waals surface area contributed by atoms with Crippen LogP contribution in [-0.2, 0) is 16.0 Å². The van der Waals surface area contributed by atoms with E-state index in [1.54, 1.807) is 25.1 Å². The zero-order chi connectivity index (χ0) is 15.4. The number of hydrogen-bond donors (Lipinski definition) is 1. The van der Waals surface area contributed by atoms with Gasteiger partial charge >= 0.3 is 5.97 Å². The minimum atomic E-state index is -0.418. The Morgan fingerprint density at radius 3 is 2.71 bits per heavy atom. The van der Waals surface area contributed by atoms with E-state index in [9.17, 15) is 9.59 Å². The van der Waals surface area contributed by atoms with E-state index < -0.39 is 5.97 Å². The SMILES string of the molecule is COC(=O)c1cccc(NC(=O)Cc2csc(C)n2)c1C. The Hall–Kier alpha value is -2.21. The second-order valence-electron chi connectivity index (χ2n) is 4.55. The van der Waals surface area contributed by atoms with Crippen molar-refractivity contribution in [1.29, 1.82) is 0 Å². The van der Waals surface area contributed by atoms with E-state index >= 15 is 0 Å². The van der Waals surface area contributed by atoms with E-state index in [1.165, 1.54) is 18.4 Å². The van der Waals surface area contributed by atoms with Crippen molar-refractivity contribution in [3.8, 4) is 0 Å². The van der Waals surface area contributed by atoms with Gasteiger partial charge in [-0.05, 0) is 31.5 Å². The molecule has 1 aromatic carbocycles. The van der Waals surface area contributed by atoms with Gasteiger partial charge < -0.3 is 10.1 Å². The minimum Gasteiger partial charge on any atom is -0.465 e. The molecule has 0 atom stereocenters. The molecule has 0 saturated heterocycles. The van der Waals surface area contributed by atoms with Crippen LogP contribution >= 0.6 is 11.3 Å². The smallest absolute Gasteiger partial charge is 0.338 e. The third-order valence-electron chi connectivity index (χ3n) is 3.02. The van der Waals surface area contributed by atoms with Crippen molar-refractivity contribution in [2.75, 3.05) is 12.4 Å². The summed E-state index contributed by atoms with van der Waals surface area (Å²) in [7, 11) is 1.33. The molecule has 0 fully saturated rings. The number of carbonyl (C=O) groups is 2. The van der Waals surface area contributed by atoms with Gasteiger partial charge in [-0.25, -0.2) is 9.78 Å². The second kappa shape index (κ2) is 6.49. The van der Waals surface area contributed by atoms with Crippen LogP contribution in [-0.4, -0.2) is 24.0 Å². The summed E-state index contributed by atoms with van der Waals surface area (Å²) >= 11 is 1.51. The molecule has 0 aliphatic rings. The lowest BCUT2D eigenvalue weighted by Crippen LogP contribution is -2.16. The number of rotatable bonds is 4. The highest BCUT2D eigenvalue weighted by Gasteiger charge is 2.14. The summed E-state index contributed by atoms with van der Waals surface area (Å²) in [6.45, 7) is 3.67. The van der Waals surface area contributed by atoms with Gasteiger partial charge in [-0.2, -0.15) is 0 Å². The number of methoxy groups -OCH3 is 1. The van der Waals surface area contributed by atoms with Gasteiger partial charge in [0, 0.05) is 11.1 Å². The summed E-state index contributed by atoms with van der Waals surface area (Å²) in [4.78, 5) is 27.9. The molecule has 0 bridgehead atoms. The number of thiazole rings is 1. The maximum absolute atomic E-state index is 12.0. The van der Waals surface area contributed by atoms with Crippen molar-refractivity contribution in [2.45, 2.75) is 20.3 Å². The first-order valence-corrected chi connectivity index (χ1v) is 7.28. The normalized spacial score (nSPS) is 10.2. The Kier molecular flexibility index (Phi) is 4.70. The highest BCUT2D eigenvalue weighted by Crippen LogP contribution is 2.20. The molecule has 0 radical (unpaired) electrons. The lowest BCUT2D eigenvalue weighted by molar-refractivity contribution is -0.115. The molecule has 2 aromatic rings. The number of carbonyl (C=O) groups excluding carboxylic acids is 2. The van der Waals surface area contributed by atoms with Crippen molar-refractivity contribution in [3.05, 3.63) is 45.4 Å². The van der Waals surface area contributed by atoms with E-state index in [0.29, 0.717) is 16.8 Å². The Balaban J connectivity index is 2.12. The number of aryl methyl sites for hydroxylation is 1. The van der Waals surface area contributed by atoms with Gasteiger partial charge in [-0.15, -0.1) is 11.3 Å². The first kappa shape index (κ1) is 15.2. The third kappa shape index (κ3) is 3.66. The predicted molar refractivity (Wildman–Crippen MR) is 81.7 cm³/mol. The first-order valence-electron chi connectivity index (χ1n) is 6.40. The zero-order valence-electron chi connectivity index (χ0n) is 12.1. The molecule has 2 rings (SSSR count). The van der Waals surface area contributed by atoms with E-state index in [1.807, 2.05) is 12.3 Å². The number of hydrogen-bond acceptors (Lipinski definition) is 5. The first-order chi connectivity index (χ1) is 10.0. The van der Waals surface area contributed by atoms with E-state index in [2.05, 4.69) is 10.3 Å². The van der Waals surface area contributed by atoms with Crippen molar-refractivity contribution in [3.63, 3.8) is 0 Å². The largest absolute Gasteiger partial charge is 0.465 e. The van der Waals surface area contributed by atoms with Crippen LogP contribution in [0, 0.1) is 13.8 Å². The number of ether oxygens (including phenoxy) is 1. The molecule has 1 heterocycles. The topological polar surface area (TPSA) is 68.3 Å². The van der Waals surface area contributed by atoms with E-state index in [0.717, 1.165) is 10.7 Å². The fraction of sp³-hybridized carbons (Fsp3) is 0.267.